The molecular formula is C20H22ClFN6O. The van der Waals surface area contributed by atoms with E-state index in [0.29, 0.717) is 23.1 Å². The maximum absolute atomic E-state index is 14.6. The summed E-state index contributed by atoms with van der Waals surface area (Å²) < 4.78 is 20.1. The Morgan fingerprint density at radius 2 is 1.90 bits per heavy atom. The highest BCUT2D eigenvalue weighted by atomic mass is 35.5. The zero-order chi connectivity index (χ0) is 19.5. The number of nitrogen functional groups attached to an aromatic ring is 1. The molecule has 0 aliphatic carbocycles. The molecule has 0 atom stereocenters. The zero-order valence-corrected chi connectivity index (χ0v) is 16.7. The minimum absolute atomic E-state index is 0. The fourth-order valence-electron chi connectivity index (χ4n) is 3.24. The van der Waals surface area contributed by atoms with Crippen LogP contribution in [0.2, 0.25) is 0 Å². The van der Waals surface area contributed by atoms with Crippen LogP contribution in [0.5, 0.6) is 11.8 Å². The molecule has 1 aliphatic heterocycles. The van der Waals surface area contributed by atoms with Crippen molar-refractivity contribution in [1.29, 1.82) is 0 Å². The molecule has 0 saturated carbocycles. The van der Waals surface area contributed by atoms with Crippen LogP contribution < -0.4 is 15.8 Å². The first-order valence-corrected chi connectivity index (χ1v) is 9.21. The first-order chi connectivity index (χ1) is 13.6. The Labute approximate surface area is 174 Å². The van der Waals surface area contributed by atoms with Crippen molar-refractivity contribution in [3.05, 3.63) is 53.7 Å². The number of aromatic nitrogens is 4. The number of anilines is 1. The largest absolute Gasteiger partial charge is 0.421 e. The van der Waals surface area contributed by atoms with E-state index in [0.717, 1.165) is 37.3 Å². The van der Waals surface area contributed by atoms with E-state index in [1.165, 1.54) is 12.1 Å². The van der Waals surface area contributed by atoms with Gasteiger partial charge in [0.1, 0.15) is 5.82 Å². The van der Waals surface area contributed by atoms with Crippen molar-refractivity contribution in [3.8, 4) is 23.1 Å². The first-order valence-electron chi connectivity index (χ1n) is 9.21. The fraction of sp³-hybridized carbons (Fsp3) is 0.300. The van der Waals surface area contributed by atoms with Crippen LogP contribution in [0.25, 0.3) is 11.4 Å². The van der Waals surface area contributed by atoms with Crippen LogP contribution in [0, 0.1) is 12.7 Å². The average Bonchev–Trinajstić information content (AvgIpc) is 2.70. The van der Waals surface area contributed by atoms with Gasteiger partial charge in [-0.05, 0) is 57.1 Å². The van der Waals surface area contributed by atoms with Crippen LogP contribution in [0.3, 0.4) is 0 Å². The number of benzene rings is 1. The standard InChI is InChI=1S/C20H21FN6O.ClH/c1-12-4-9-24-20(25-12)28-17-3-2-14(10-15(17)21)19-26-16(11-18(22)27-19)13-5-7-23-8-6-13;/h2-4,9-11,13,23H,5-8H2,1H3,(H2,22,26,27);1H. The maximum atomic E-state index is 14.6. The van der Waals surface area contributed by atoms with Gasteiger partial charge < -0.3 is 15.8 Å². The quantitative estimate of drug-likeness (QED) is 0.669. The van der Waals surface area contributed by atoms with Gasteiger partial charge in [0.25, 0.3) is 0 Å². The van der Waals surface area contributed by atoms with Crippen molar-refractivity contribution in [3.63, 3.8) is 0 Å². The van der Waals surface area contributed by atoms with E-state index < -0.39 is 5.82 Å². The van der Waals surface area contributed by atoms with Crippen LogP contribution in [0.4, 0.5) is 10.2 Å². The summed E-state index contributed by atoms with van der Waals surface area (Å²) in [6, 6.07) is 8.21. The molecule has 4 rings (SSSR count). The predicted molar refractivity (Wildman–Crippen MR) is 111 cm³/mol. The molecule has 0 amide bonds. The summed E-state index contributed by atoms with van der Waals surface area (Å²) in [4.78, 5) is 17.0. The third-order valence-electron chi connectivity index (χ3n) is 4.69. The summed E-state index contributed by atoms with van der Waals surface area (Å²) in [5.74, 6) is 0.614. The number of nitrogens with zero attached hydrogens (tertiary/aromatic N) is 4. The molecule has 0 unspecified atom stereocenters. The number of hydrogen-bond acceptors (Lipinski definition) is 7. The van der Waals surface area contributed by atoms with Crippen LogP contribution in [-0.4, -0.2) is 33.0 Å². The molecule has 1 saturated heterocycles. The van der Waals surface area contributed by atoms with E-state index in [9.17, 15) is 4.39 Å². The van der Waals surface area contributed by atoms with Crippen molar-refractivity contribution < 1.29 is 9.13 Å². The summed E-state index contributed by atoms with van der Waals surface area (Å²) in [5.41, 5.74) is 8.16. The molecule has 1 aliphatic rings. The monoisotopic (exact) mass is 416 g/mol. The highest BCUT2D eigenvalue weighted by Gasteiger charge is 2.19. The van der Waals surface area contributed by atoms with E-state index >= 15 is 0 Å². The molecule has 152 valence electrons. The predicted octanol–water partition coefficient (Wildman–Crippen LogP) is 3.64. The second-order valence-electron chi connectivity index (χ2n) is 6.79. The molecule has 9 heteroatoms. The molecule has 3 aromatic rings. The number of nitrogens with one attached hydrogen (secondary N) is 1. The Morgan fingerprint density at radius 1 is 1.10 bits per heavy atom. The number of halogens is 2. The van der Waals surface area contributed by atoms with Crippen LogP contribution in [-0.2, 0) is 0 Å². The number of hydrogen-bond donors (Lipinski definition) is 2. The molecule has 3 heterocycles. The number of nitrogens with two attached hydrogens (primary N) is 1. The van der Waals surface area contributed by atoms with Gasteiger partial charge >= 0.3 is 6.01 Å². The van der Waals surface area contributed by atoms with Crippen LogP contribution in [0.15, 0.2) is 36.5 Å². The maximum Gasteiger partial charge on any atom is 0.322 e. The average molecular weight is 417 g/mol. The van der Waals surface area contributed by atoms with E-state index in [-0.39, 0.29) is 24.2 Å². The summed E-state index contributed by atoms with van der Waals surface area (Å²) in [6.07, 6.45) is 3.55. The Balaban J connectivity index is 0.00000240. The Bertz CT molecular complexity index is 996. The highest BCUT2D eigenvalue weighted by molar-refractivity contribution is 5.85. The number of rotatable bonds is 4. The summed E-state index contributed by atoms with van der Waals surface area (Å²) >= 11 is 0. The third-order valence-corrected chi connectivity index (χ3v) is 4.69. The minimum Gasteiger partial charge on any atom is -0.421 e. The molecule has 1 fully saturated rings. The molecule has 0 spiro atoms. The lowest BCUT2D eigenvalue weighted by atomic mass is 9.94. The number of aryl methyl sites for hydroxylation is 1. The van der Waals surface area contributed by atoms with Crippen molar-refractivity contribution >= 4 is 18.2 Å². The van der Waals surface area contributed by atoms with Gasteiger partial charge in [0, 0.05) is 35.1 Å². The smallest absolute Gasteiger partial charge is 0.322 e. The van der Waals surface area contributed by atoms with Crippen LogP contribution >= 0.6 is 12.4 Å². The van der Waals surface area contributed by atoms with Gasteiger partial charge in [-0.25, -0.2) is 24.3 Å². The Hall–Kier alpha value is -2.84. The van der Waals surface area contributed by atoms with Crippen molar-refractivity contribution in [2.45, 2.75) is 25.7 Å². The van der Waals surface area contributed by atoms with Crippen molar-refractivity contribution in [2.75, 3.05) is 18.8 Å². The van der Waals surface area contributed by atoms with Crippen molar-refractivity contribution in [1.82, 2.24) is 25.3 Å². The Kier molecular flexibility index (Phi) is 6.56. The second-order valence-corrected chi connectivity index (χ2v) is 6.79. The lowest BCUT2D eigenvalue weighted by Crippen LogP contribution is -2.27. The molecule has 7 nitrogen and oxygen atoms in total. The number of piperidine rings is 1. The van der Waals surface area contributed by atoms with E-state index in [1.54, 1.807) is 18.3 Å². The molecule has 29 heavy (non-hydrogen) atoms. The molecule has 1 aromatic carbocycles. The first kappa shape index (κ1) is 20.9. The number of ether oxygens (including phenoxy) is 1. The molecule has 2 aromatic heterocycles. The highest BCUT2D eigenvalue weighted by Crippen LogP contribution is 2.29. The lowest BCUT2D eigenvalue weighted by Gasteiger charge is -2.22. The van der Waals surface area contributed by atoms with Gasteiger partial charge in [0.15, 0.2) is 17.4 Å². The van der Waals surface area contributed by atoms with Gasteiger partial charge in [0.05, 0.1) is 0 Å². The van der Waals surface area contributed by atoms with Crippen molar-refractivity contribution in [2.24, 2.45) is 0 Å². The van der Waals surface area contributed by atoms with E-state index in [1.807, 2.05) is 13.0 Å². The topological polar surface area (TPSA) is 98.8 Å². The van der Waals surface area contributed by atoms with Gasteiger partial charge in [-0.1, -0.05) is 0 Å². The second kappa shape index (κ2) is 9.11. The fourth-order valence-corrected chi connectivity index (χ4v) is 3.24. The van der Waals surface area contributed by atoms with E-state index in [4.69, 9.17) is 10.5 Å². The summed E-state index contributed by atoms with van der Waals surface area (Å²) in [5, 5.41) is 3.33. The van der Waals surface area contributed by atoms with Gasteiger partial charge in [-0.3, -0.25) is 0 Å². The van der Waals surface area contributed by atoms with Gasteiger partial charge in [-0.2, -0.15) is 0 Å². The summed E-state index contributed by atoms with van der Waals surface area (Å²) in [6.45, 7) is 3.71. The summed E-state index contributed by atoms with van der Waals surface area (Å²) in [7, 11) is 0. The molecule has 3 N–H and O–H groups in total. The molecular weight excluding hydrogens is 395 g/mol. The zero-order valence-electron chi connectivity index (χ0n) is 15.9. The lowest BCUT2D eigenvalue weighted by molar-refractivity contribution is 0.410. The normalized spacial score (nSPS) is 14.3. The minimum atomic E-state index is -0.544. The van der Waals surface area contributed by atoms with Crippen LogP contribution in [0.1, 0.15) is 30.1 Å². The van der Waals surface area contributed by atoms with Gasteiger partial charge in [0.2, 0.25) is 0 Å². The third kappa shape index (κ3) is 4.96. The molecule has 0 bridgehead atoms. The molecule has 0 radical (unpaired) electrons. The van der Waals surface area contributed by atoms with Gasteiger partial charge in [-0.15, -0.1) is 12.4 Å². The van der Waals surface area contributed by atoms with E-state index in [2.05, 4.69) is 25.3 Å². The Morgan fingerprint density at radius 3 is 2.62 bits per heavy atom. The SMILES string of the molecule is Cc1ccnc(Oc2ccc(-c3nc(N)cc(C4CCNCC4)n3)cc2F)n1.Cl.